The molecule has 1 heterocycles. The normalized spacial score (nSPS) is 12.4. The van der Waals surface area contributed by atoms with Crippen LogP contribution in [0.15, 0.2) is 30.5 Å². The van der Waals surface area contributed by atoms with Gasteiger partial charge in [-0.25, -0.2) is 8.78 Å². The molecule has 2 rings (SSSR count). The zero-order valence-electron chi connectivity index (χ0n) is 9.53. The molecule has 1 atom stereocenters. The van der Waals surface area contributed by atoms with E-state index in [1.165, 1.54) is 18.3 Å². The number of halogens is 2. The number of benzene rings is 1. The van der Waals surface area contributed by atoms with Crippen LogP contribution in [0.4, 0.5) is 14.6 Å². The van der Waals surface area contributed by atoms with E-state index in [-0.39, 0.29) is 17.9 Å². The van der Waals surface area contributed by atoms with E-state index in [0.717, 1.165) is 16.8 Å². The number of hydrogen-bond donors (Lipinski definition) is 1. The third-order valence-corrected chi connectivity index (χ3v) is 2.50. The van der Waals surface area contributed by atoms with Gasteiger partial charge < -0.3 is 15.2 Å². The maximum Gasteiger partial charge on any atom is 0.389 e. The van der Waals surface area contributed by atoms with Crippen LogP contribution in [0.3, 0.4) is 0 Å². The van der Waals surface area contributed by atoms with Crippen molar-refractivity contribution >= 4 is 5.82 Å². The Kier molecular flexibility index (Phi) is 3.52. The summed E-state index contributed by atoms with van der Waals surface area (Å²) in [5.41, 5.74) is 0.164. The minimum absolute atomic E-state index is 0.0983. The first-order valence-electron chi connectivity index (χ1n) is 5.28. The van der Waals surface area contributed by atoms with Crippen LogP contribution in [0.25, 0.3) is 0 Å². The minimum atomic E-state index is -1.14. The summed E-state index contributed by atoms with van der Waals surface area (Å²) in [6.07, 6.45) is 0.177. The molecule has 0 fully saturated rings. The summed E-state index contributed by atoms with van der Waals surface area (Å²) in [5.74, 6) is -2.42. The lowest BCUT2D eigenvalue weighted by Gasteiger charge is -2.09. The number of aromatic nitrogens is 2. The molecular formula is C11H9F2N3O3. The summed E-state index contributed by atoms with van der Waals surface area (Å²) in [4.78, 5) is 9.76. The van der Waals surface area contributed by atoms with Crippen LogP contribution in [0, 0.1) is 21.7 Å². The molecule has 19 heavy (non-hydrogen) atoms. The van der Waals surface area contributed by atoms with Crippen molar-refractivity contribution in [1.29, 1.82) is 0 Å². The van der Waals surface area contributed by atoms with Crippen molar-refractivity contribution in [3.63, 3.8) is 0 Å². The molecular weight excluding hydrogens is 260 g/mol. The van der Waals surface area contributed by atoms with Gasteiger partial charge >= 0.3 is 5.82 Å². The molecule has 1 unspecified atom stereocenters. The Labute approximate surface area is 106 Å². The Morgan fingerprint density at radius 2 is 2.11 bits per heavy atom. The topological polar surface area (TPSA) is 81.2 Å². The van der Waals surface area contributed by atoms with Gasteiger partial charge in [-0.05, 0) is 22.6 Å². The molecule has 0 bridgehead atoms. The fourth-order valence-electron chi connectivity index (χ4n) is 1.55. The minimum Gasteiger partial charge on any atom is -0.386 e. The summed E-state index contributed by atoms with van der Waals surface area (Å²) in [7, 11) is 0. The zero-order valence-corrected chi connectivity index (χ0v) is 9.53. The van der Waals surface area contributed by atoms with E-state index < -0.39 is 22.7 Å². The van der Waals surface area contributed by atoms with E-state index in [4.69, 9.17) is 0 Å². The Bertz CT molecular complexity index is 615. The first-order valence-corrected chi connectivity index (χ1v) is 5.28. The molecule has 1 aromatic carbocycles. The molecule has 2 aromatic rings. The van der Waals surface area contributed by atoms with Crippen LogP contribution in [0.5, 0.6) is 0 Å². The van der Waals surface area contributed by atoms with Crippen LogP contribution in [0.1, 0.15) is 11.7 Å². The number of nitro groups is 1. The number of aliphatic hydroxyl groups is 1. The Balaban J connectivity index is 2.13. The highest BCUT2D eigenvalue weighted by atomic mass is 19.2. The van der Waals surface area contributed by atoms with Gasteiger partial charge in [-0.3, -0.25) is 0 Å². The van der Waals surface area contributed by atoms with Crippen molar-refractivity contribution in [3.05, 3.63) is 57.8 Å². The van der Waals surface area contributed by atoms with Crippen molar-refractivity contribution in [2.24, 2.45) is 0 Å². The summed E-state index contributed by atoms with van der Waals surface area (Å²) in [6, 6.07) is 4.19. The molecule has 1 N–H and O–H groups in total. The van der Waals surface area contributed by atoms with E-state index >= 15 is 0 Å². The molecule has 1 aromatic heterocycles. The van der Waals surface area contributed by atoms with Gasteiger partial charge in [-0.15, -0.1) is 0 Å². The van der Waals surface area contributed by atoms with Gasteiger partial charge in [0.25, 0.3) is 0 Å². The first kappa shape index (κ1) is 13.1. The second-order valence-electron chi connectivity index (χ2n) is 3.84. The summed E-state index contributed by atoms with van der Waals surface area (Å²) in [5, 5.41) is 23.9. The number of rotatable bonds is 4. The predicted octanol–water partition coefficient (Wildman–Crippen LogP) is 1.80. The molecule has 0 aliphatic rings. The Morgan fingerprint density at radius 1 is 1.37 bits per heavy atom. The molecule has 6 nitrogen and oxygen atoms in total. The highest BCUT2D eigenvalue weighted by Gasteiger charge is 2.16. The second-order valence-corrected chi connectivity index (χ2v) is 3.84. The third-order valence-electron chi connectivity index (χ3n) is 2.50. The van der Waals surface area contributed by atoms with E-state index in [1.54, 1.807) is 0 Å². The molecule has 0 saturated carbocycles. The van der Waals surface area contributed by atoms with E-state index in [9.17, 15) is 24.0 Å². The highest BCUT2D eigenvalue weighted by molar-refractivity contribution is 5.20. The lowest BCUT2D eigenvalue weighted by atomic mass is 10.1. The molecule has 0 radical (unpaired) electrons. The summed E-state index contributed by atoms with van der Waals surface area (Å²) >= 11 is 0. The van der Waals surface area contributed by atoms with Crippen LogP contribution in [-0.4, -0.2) is 19.8 Å². The van der Waals surface area contributed by atoms with Gasteiger partial charge in [0.2, 0.25) is 0 Å². The standard InChI is InChI=1S/C11H9F2N3O3/c12-8-2-1-7(5-9(8)13)10(17)6-15-4-3-11(14-15)16(18)19/h1-5,10,17H,6H2. The van der Waals surface area contributed by atoms with Crippen molar-refractivity contribution in [2.75, 3.05) is 0 Å². The van der Waals surface area contributed by atoms with Crippen LogP contribution >= 0.6 is 0 Å². The maximum absolute atomic E-state index is 13.0. The molecule has 0 aliphatic heterocycles. The van der Waals surface area contributed by atoms with Crippen LogP contribution < -0.4 is 0 Å². The van der Waals surface area contributed by atoms with Gasteiger partial charge in [0, 0.05) is 0 Å². The number of nitrogens with zero attached hydrogens (tertiary/aromatic N) is 3. The van der Waals surface area contributed by atoms with Crippen molar-refractivity contribution in [3.8, 4) is 0 Å². The van der Waals surface area contributed by atoms with Gasteiger partial charge in [0.15, 0.2) is 11.6 Å². The van der Waals surface area contributed by atoms with Gasteiger partial charge in [-0.2, -0.15) is 4.68 Å². The number of hydrogen-bond acceptors (Lipinski definition) is 4. The van der Waals surface area contributed by atoms with Crippen molar-refractivity contribution < 1.29 is 18.8 Å². The van der Waals surface area contributed by atoms with Crippen molar-refractivity contribution in [2.45, 2.75) is 12.6 Å². The second kappa shape index (κ2) is 5.11. The zero-order chi connectivity index (χ0) is 14.0. The Morgan fingerprint density at radius 3 is 2.68 bits per heavy atom. The molecule has 0 amide bonds. The molecule has 0 aliphatic carbocycles. The smallest absolute Gasteiger partial charge is 0.386 e. The first-order chi connectivity index (χ1) is 8.97. The third kappa shape index (κ3) is 2.91. The number of aliphatic hydroxyl groups excluding tert-OH is 1. The fourth-order valence-corrected chi connectivity index (χ4v) is 1.55. The quantitative estimate of drug-likeness (QED) is 0.677. The van der Waals surface area contributed by atoms with Crippen LogP contribution in [0.2, 0.25) is 0 Å². The summed E-state index contributed by atoms with van der Waals surface area (Å²) in [6.45, 7) is -0.0983. The van der Waals surface area contributed by atoms with Crippen molar-refractivity contribution in [1.82, 2.24) is 9.78 Å². The molecule has 100 valence electrons. The van der Waals surface area contributed by atoms with Gasteiger partial charge in [-0.1, -0.05) is 6.07 Å². The summed E-state index contributed by atoms with van der Waals surface area (Å²) < 4.78 is 26.9. The largest absolute Gasteiger partial charge is 0.389 e. The van der Waals surface area contributed by atoms with Crippen LogP contribution in [-0.2, 0) is 6.54 Å². The average molecular weight is 269 g/mol. The lowest BCUT2D eigenvalue weighted by Crippen LogP contribution is -2.10. The van der Waals surface area contributed by atoms with Gasteiger partial charge in [0.05, 0.1) is 23.9 Å². The van der Waals surface area contributed by atoms with E-state index in [0.29, 0.717) is 0 Å². The van der Waals surface area contributed by atoms with E-state index in [1.807, 2.05) is 0 Å². The predicted molar refractivity (Wildman–Crippen MR) is 60.2 cm³/mol. The fraction of sp³-hybridized carbons (Fsp3) is 0.182. The van der Waals surface area contributed by atoms with E-state index in [2.05, 4.69) is 5.10 Å². The average Bonchev–Trinajstić information content (AvgIpc) is 2.81. The monoisotopic (exact) mass is 269 g/mol. The lowest BCUT2D eigenvalue weighted by molar-refractivity contribution is -0.389. The highest BCUT2D eigenvalue weighted by Crippen LogP contribution is 2.18. The Hall–Kier alpha value is -2.35. The maximum atomic E-state index is 13.0. The molecule has 8 heteroatoms. The molecule has 0 spiro atoms. The molecule has 0 saturated heterocycles. The SMILES string of the molecule is O=[N+]([O-])c1ccn(CC(O)c2ccc(F)c(F)c2)n1. The van der Waals surface area contributed by atoms with Gasteiger partial charge in [0.1, 0.15) is 6.10 Å².